The SMILES string of the molecule is CNC(=O)C1CCCN1C(=O)[C@@H]1CCCN1C[C@H](C(C)C)N(C)C(=O)CNC=O. The van der Waals surface area contributed by atoms with Crippen molar-refractivity contribution in [1.82, 2.24) is 25.3 Å². The van der Waals surface area contributed by atoms with Crippen LogP contribution in [0.15, 0.2) is 0 Å². The van der Waals surface area contributed by atoms with E-state index >= 15 is 0 Å². The summed E-state index contributed by atoms with van der Waals surface area (Å²) in [5.74, 6) is -0.0415. The summed E-state index contributed by atoms with van der Waals surface area (Å²) in [6.07, 6.45) is 3.75. The zero-order valence-electron chi connectivity index (χ0n) is 18.0. The average molecular weight is 410 g/mol. The lowest BCUT2D eigenvalue weighted by Crippen LogP contribution is -2.55. The number of nitrogens with zero attached hydrogens (tertiary/aromatic N) is 3. The molecule has 1 unspecified atom stereocenters. The minimum atomic E-state index is -0.380. The fourth-order valence-electron chi connectivity index (χ4n) is 4.44. The second-order valence-electron chi connectivity index (χ2n) is 8.27. The third kappa shape index (κ3) is 5.46. The van der Waals surface area contributed by atoms with Gasteiger partial charge in [-0.2, -0.15) is 0 Å². The average Bonchev–Trinajstić information content (AvgIpc) is 3.37. The topological polar surface area (TPSA) is 102 Å². The van der Waals surface area contributed by atoms with Gasteiger partial charge in [-0.15, -0.1) is 0 Å². The van der Waals surface area contributed by atoms with Crippen molar-refractivity contribution in [2.24, 2.45) is 5.92 Å². The third-order valence-corrected chi connectivity index (χ3v) is 6.15. The summed E-state index contributed by atoms with van der Waals surface area (Å²) < 4.78 is 0. The first kappa shape index (κ1) is 23.1. The molecule has 0 aromatic rings. The van der Waals surface area contributed by atoms with E-state index in [1.54, 1.807) is 23.9 Å². The molecule has 29 heavy (non-hydrogen) atoms. The number of nitrogens with one attached hydrogen (secondary N) is 2. The van der Waals surface area contributed by atoms with Crippen LogP contribution >= 0.6 is 0 Å². The van der Waals surface area contributed by atoms with E-state index in [4.69, 9.17) is 0 Å². The van der Waals surface area contributed by atoms with E-state index in [9.17, 15) is 19.2 Å². The highest BCUT2D eigenvalue weighted by atomic mass is 16.2. The van der Waals surface area contributed by atoms with Crippen LogP contribution in [0.5, 0.6) is 0 Å². The number of likely N-dealkylation sites (N-methyl/N-ethyl adjacent to an activating group) is 2. The molecule has 0 aromatic carbocycles. The monoisotopic (exact) mass is 409 g/mol. The van der Waals surface area contributed by atoms with Crippen molar-refractivity contribution in [3.63, 3.8) is 0 Å². The molecule has 0 spiro atoms. The van der Waals surface area contributed by atoms with E-state index in [1.807, 2.05) is 0 Å². The van der Waals surface area contributed by atoms with Gasteiger partial charge in [0.25, 0.3) is 0 Å². The molecule has 2 fully saturated rings. The lowest BCUT2D eigenvalue weighted by molar-refractivity contribution is -0.142. The Bertz CT molecular complexity index is 612. The number of hydrogen-bond acceptors (Lipinski definition) is 5. The van der Waals surface area contributed by atoms with Gasteiger partial charge in [-0.05, 0) is 38.1 Å². The molecule has 0 aromatic heterocycles. The summed E-state index contributed by atoms with van der Waals surface area (Å²) in [5.41, 5.74) is 0. The van der Waals surface area contributed by atoms with Gasteiger partial charge in [0.05, 0.1) is 12.6 Å². The minimum absolute atomic E-state index is 0.0210. The quantitative estimate of drug-likeness (QED) is 0.496. The van der Waals surface area contributed by atoms with Crippen molar-refractivity contribution in [3.05, 3.63) is 0 Å². The van der Waals surface area contributed by atoms with Crippen LogP contribution in [-0.2, 0) is 19.2 Å². The van der Waals surface area contributed by atoms with Crippen molar-refractivity contribution >= 4 is 24.1 Å². The highest BCUT2D eigenvalue weighted by molar-refractivity contribution is 5.90. The second kappa shape index (κ2) is 10.6. The van der Waals surface area contributed by atoms with Crippen molar-refractivity contribution in [3.8, 4) is 0 Å². The molecule has 0 aliphatic carbocycles. The molecule has 0 radical (unpaired) electrons. The molecule has 2 saturated heterocycles. The van der Waals surface area contributed by atoms with Gasteiger partial charge < -0.3 is 20.4 Å². The zero-order chi connectivity index (χ0) is 21.6. The van der Waals surface area contributed by atoms with Crippen molar-refractivity contribution in [2.75, 3.05) is 40.3 Å². The number of rotatable bonds is 9. The van der Waals surface area contributed by atoms with Crippen LogP contribution in [0.1, 0.15) is 39.5 Å². The van der Waals surface area contributed by atoms with Crippen LogP contribution in [0, 0.1) is 5.92 Å². The molecule has 0 saturated carbocycles. The smallest absolute Gasteiger partial charge is 0.242 e. The zero-order valence-corrected chi connectivity index (χ0v) is 18.0. The largest absolute Gasteiger partial charge is 0.357 e. The van der Waals surface area contributed by atoms with Crippen LogP contribution in [0.4, 0.5) is 0 Å². The van der Waals surface area contributed by atoms with Gasteiger partial charge >= 0.3 is 0 Å². The molecule has 3 atom stereocenters. The van der Waals surface area contributed by atoms with Gasteiger partial charge in [-0.3, -0.25) is 24.1 Å². The van der Waals surface area contributed by atoms with E-state index in [1.165, 1.54) is 0 Å². The van der Waals surface area contributed by atoms with Crippen molar-refractivity contribution in [1.29, 1.82) is 0 Å². The Morgan fingerprint density at radius 2 is 1.79 bits per heavy atom. The molecule has 0 bridgehead atoms. The van der Waals surface area contributed by atoms with E-state index in [-0.39, 0.29) is 48.3 Å². The predicted molar refractivity (Wildman–Crippen MR) is 109 cm³/mol. The molecule has 9 heteroatoms. The maximum absolute atomic E-state index is 13.3. The Morgan fingerprint density at radius 3 is 2.41 bits per heavy atom. The van der Waals surface area contributed by atoms with Crippen LogP contribution in [0.3, 0.4) is 0 Å². The van der Waals surface area contributed by atoms with E-state index in [2.05, 4.69) is 29.4 Å². The lowest BCUT2D eigenvalue weighted by Gasteiger charge is -2.37. The normalized spacial score (nSPS) is 23.1. The Kier molecular flexibility index (Phi) is 8.43. The maximum Gasteiger partial charge on any atom is 0.242 e. The summed E-state index contributed by atoms with van der Waals surface area (Å²) >= 11 is 0. The van der Waals surface area contributed by atoms with Gasteiger partial charge in [0, 0.05) is 33.2 Å². The van der Waals surface area contributed by atoms with Gasteiger partial charge in [0.15, 0.2) is 0 Å². The van der Waals surface area contributed by atoms with Crippen molar-refractivity contribution < 1.29 is 19.2 Å². The molecule has 2 N–H and O–H groups in total. The summed E-state index contributed by atoms with van der Waals surface area (Å²) in [6, 6.07) is -0.703. The minimum Gasteiger partial charge on any atom is -0.357 e. The van der Waals surface area contributed by atoms with Gasteiger partial charge in [0.1, 0.15) is 6.04 Å². The molecule has 4 amide bonds. The fourth-order valence-corrected chi connectivity index (χ4v) is 4.44. The van der Waals surface area contributed by atoms with Gasteiger partial charge in [-0.25, -0.2) is 0 Å². The summed E-state index contributed by atoms with van der Waals surface area (Å²) in [7, 11) is 3.35. The first-order chi connectivity index (χ1) is 13.8. The molecule has 9 nitrogen and oxygen atoms in total. The van der Waals surface area contributed by atoms with Crippen LogP contribution < -0.4 is 10.6 Å². The predicted octanol–water partition coefficient (Wildman–Crippen LogP) is -0.583. The number of carbonyl (C=O) groups excluding carboxylic acids is 4. The molecular weight excluding hydrogens is 374 g/mol. The first-order valence-corrected chi connectivity index (χ1v) is 10.5. The second-order valence-corrected chi connectivity index (χ2v) is 8.27. The van der Waals surface area contributed by atoms with Crippen LogP contribution in [-0.4, -0.2) is 97.2 Å². The standard InChI is InChI=1S/C20H35N5O4/c1-14(2)17(23(4)18(27)11-22-13-26)12-24-9-5-8-16(24)20(29)25-10-6-7-15(25)19(28)21-3/h13-17H,5-12H2,1-4H3,(H,21,28)(H,22,26)/t15?,16-,17+/m0/s1. The Balaban J connectivity index is 2.08. The first-order valence-electron chi connectivity index (χ1n) is 10.5. The molecule has 2 aliphatic rings. The Labute approximate surface area is 173 Å². The molecule has 164 valence electrons. The Morgan fingerprint density at radius 1 is 1.14 bits per heavy atom. The highest BCUT2D eigenvalue weighted by Crippen LogP contribution is 2.26. The Hall–Kier alpha value is -2.16. The maximum atomic E-state index is 13.3. The molecule has 2 heterocycles. The molecule has 2 rings (SSSR count). The van der Waals surface area contributed by atoms with Crippen molar-refractivity contribution in [2.45, 2.75) is 57.7 Å². The lowest BCUT2D eigenvalue weighted by atomic mass is 10.0. The van der Waals surface area contributed by atoms with E-state index in [0.717, 1.165) is 25.8 Å². The molecule has 2 aliphatic heterocycles. The van der Waals surface area contributed by atoms with Crippen LogP contribution in [0.25, 0.3) is 0 Å². The summed E-state index contributed by atoms with van der Waals surface area (Å²) in [4.78, 5) is 53.8. The van der Waals surface area contributed by atoms with Gasteiger partial charge in [-0.1, -0.05) is 13.8 Å². The number of amides is 4. The van der Waals surface area contributed by atoms with Crippen LogP contribution in [0.2, 0.25) is 0 Å². The highest BCUT2D eigenvalue weighted by Gasteiger charge is 2.41. The summed E-state index contributed by atoms with van der Waals surface area (Å²) in [5, 5.41) is 5.08. The van der Waals surface area contributed by atoms with E-state index < -0.39 is 0 Å². The number of hydrogen-bond donors (Lipinski definition) is 2. The van der Waals surface area contributed by atoms with Gasteiger partial charge in [0.2, 0.25) is 24.1 Å². The molecular formula is C20H35N5O4. The number of carbonyl (C=O) groups is 4. The summed E-state index contributed by atoms with van der Waals surface area (Å²) in [6.45, 7) is 6.08. The van der Waals surface area contributed by atoms with E-state index in [0.29, 0.717) is 25.9 Å². The fraction of sp³-hybridized carbons (Fsp3) is 0.800. The number of likely N-dealkylation sites (tertiary alicyclic amines) is 2. The third-order valence-electron chi connectivity index (χ3n) is 6.15.